The molecule has 0 bridgehead atoms. The Morgan fingerprint density at radius 1 is 1.59 bits per heavy atom. The maximum absolute atomic E-state index is 11.5. The second-order valence-corrected chi connectivity index (χ2v) is 3.16. The summed E-state index contributed by atoms with van der Waals surface area (Å²) < 4.78 is 4.80. The SMILES string of the molecule is C=CCOC(=O)N(C)c1cncc(C(=O)O)c1. The third kappa shape index (κ3) is 3.30. The number of carbonyl (C=O) groups excluding carboxylic acids is 1. The van der Waals surface area contributed by atoms with Gasteiger partial charge in [-0.05, 0) is 6.07 Å². The van der Waals surface area contributed by atoms with Crippen LogP contribution in [0.15, 0.2) is 31.1 Å². The molecule has 1 amide bonds. The van der Waals surface area contributed by atoms with E-state index in [4.69, 9.17) is 9.84 Å². The van der Waals surface area contributed by atoms with Gasteiger partial charge < -0.3 is 9.84 Å². The molecular formula is C11H12N2O4. The van der Waals surface area contributed by atoms with Gasteiger partial charge in [0.2, 0.25) is 0 Å². The van der Waals surface area contributed by atoms with Crippen molar-refractivity contribution in [1.82, 2.24) is 4.98 Å². The van der Waals surface area contributed by atoms with E-state index in [1.807, 2.05) is 0 Å². The molecule has 0 unspecified atom stereocenters. The van der Waals surface area contributed by atoms with E-state index in [0.717, 1.165) is 0 Å². The average molecular weight is 236 g/mol. The summed E-state index contributed by atoms with van der Waals surface area (Å²) in [7, 11) is 1.47. The number of anilines is 1. The molecule has 0 fully saturated rings. The highest BCUT2D eigenvalue weighted by Gasteiger charge is 2.14. The Kier molecular flexibility index (Phi) is 4.21. The van der Waals surface area contributed by atoms with Gasteiger partial charge in [-0.25, -0.2) is 9.59 Å². The molecule has 0 aromatic carbocycles. The molecule has 0 spiro atoms. The predicted molar refractivity (Wildman–Crippen MR) is 61.1 cm³/mol. The Morgan fingerprint density at radius 3 is 2.88 bits per heavy atom. The number of aromatic carboxylic acids is 1. The van der Waals surface area contributed by atoms with Crippen LogP contribution in [0.25, 0.3) is 0 Å². The van der Waals surface area contributed by atoms with Crippen molar-refractivity contribution in [2.75, 3.05) is 18.6 Å². The van der Waals surface area contributed by atoms with Crippen molar-refractivity contribution < 1.29 is 19.4 Å². The van der Waals surface area contributed by atoms with Crippen LogP contribution in [-0.4, -0.2) is 35.8 Å². The van der Waals surface area contributed by atoms with Crippen molar-refractivity contribution in [1.29, 1.82) is 0 Å². The summed E-state index contributed by atoms with van der Waals surface area (Å²) in [6.07, 6.45) is 3.42. The van der Waals surface area contributed by atoms with Gasteiger partial charge in [0.05, 0.1) is 17.4 Å². The molecule has 1 rings (SSSR count). The van der Waals surface area contributed by atoms with E-state index in [1.165, 1.54) is 36.5 Å². The van der Waals surface area contributed by atoms with Gasteiger partial charge in [-0.15, -0.1) is 0 Å². The lowest BCUT2D eigenvalue weighted by Crippen LogP contribution is -2.27. The quantitative estimate of drug-likeness (QED) is 0.802. The van der Waals surface area contributed by atoms with Crippen LogP contribution in [0.2, 0.25) is 0 Å². The molecule has 0 saturated heterocycles. The summed E-state index contributed by atoms with van der Waals surface area (Å²) >= 11 is 0. The van der Waals surface area contributed by atoms with Crippen LogP contribution in [0.5, 0.6) is 0 Å². The number of rotatable bonds is 4. The highest BCUT2D eigenvalue weighted by Crippen LogP contribution is 2.13. The molecule has 0 atom stereocenters. The normalized spacial score (nSPS) is 9.47. The number of amides is 1. The molecule has 0 radical (unpaired) electrons. The predicted octanol–water partition coefficient (Wildman–Crippen LogP) is 1.54. The highest BCUT2D eigenvalue weighted by atomic mass is 16.6. The van der Waals surface area contributed by atoms with Crippen LogP contribution in [0.3, 0.4) is 0 Å². The first-order chi connectivity index (χ1) is 8.06. The fourth-order valence-corrected chi connectivity index (χ4v) is 1.06. The molecule has 0 aliphatic carbocycles. The molecule has 0 saturated carbocycles. The van der Waals surface area contributed by atoms with E-state index < -0.39 is 12.1 Å². The van der Waals surface area contributed by atoms with E-state index in [0.29, 0.717) is 5.69 Å². The largest absolute Gasteiger partial charge is 0.478 e. The van der Waals surface area contributed by atoms with E-state index in [-0.39, 0.29) is 12.2 Å². The Balaban J connectivity index is 2.84. The number of pyridine rings is 1. The van der Waals surface area contributed by atoms with Gasteiger partial charge in [-0.1, -0.05) is 12.7 Å². The maximum atomic E-state index is 11.5. The Bertz CT molecular complexity index is 445. The minimum absolute atomic E-state index is 0.00544. The van der Waals surface area contributed by atoms with Gasteiger partial charge in [-0.2, -0.15) is 0 Å². The lowest BCUT2D eigenvalue weighted by molar-refractivity contribution is 0.0696. The van der Waals surface area contributed by atoms with Crippen molar-refractivity contribution >= 4 is 17.7 Å². The number of carbonyl (C=O) groups is 2. The maximum Gasteiger partial charge on any atom is 0.414 e. The van der Waals surface area contributed by atoms with E-state index in [1.54, 1.807) is 0 Å². The molecule has 0 aliphatic rings. The molecule has 6 heteroatoms. The second-order valence-electron chi connectivity index (χ2n) is 3.16. The summed E-state index contributed by atoms with van der Waals surface area (Å²) in [5.74, 6) is -1.10. The van der Waals surface area contributed by atoms with E-state index in [2.05, 4.69) is 11.6 Å². The monoisotopic (exact) mass is 236 g/mol. The Labute approximate surface area is 98.1 Å². The van der Waals surface area contributed by atoms with Gasteiger partial charge >= 0.3 is 12.1 Å². The number of hydrogen-bond acceptors (Lipinski definition) is 4. The molecule has 1 heterocycles. The van der Waals surface area contributed by atoms with Crippen molar-refractivity contribution in [3.8, 4) is 0 Å². The number of nitrogens with zero attached hydrogens (tertiary/aromatic N) is 2. The highest BCUT2D eigenvalue weighted by molar-refractivity contribution is 5.91. The van der Waals surface area contributed by atoms with Crippen LogP contribution < -0.4 is 4.90 Å². The second kappa shape index (κ2) is 5.64. The number of hydrogen-bond donors (Lipinski definition) is 1. The zero-order valence-electron chi connectivity index (χ0n) is 9.29. The van der Waals surface area contributed by atoms with E-state index >= 15 is 0 Å². The first-order valence-corrected chi connectivity index (χ1v) is 4.76. The van der Waals surface area contributed by atoms with E-state index in [9.17, 15) is 9.59 Å². The van der Waals surface area contributed by atoms with Crippen LogP contribution >= 0.6 is 0 Å². The van der Waals surface area contributed by atoms with Gasteiger partial charge in [0.1, 0.15) is 6.61 Å². The third-order valence-corrected chi connectivity index (χ3v) is 1.96. The van der Waals surface area contributed by atoms with Gasteiger partial charge in [0.25, 0.3) is 0 Å². The lowest BCUT2D eigenvalue weighted by atomic mass is 10.2. The number of ether oxygens (including phenoxy) is 1. The molecule has 90 valence electrons. The Hall–Kier alpha value is -2.37. The molecule has 1 aromatic rings. The number of aromatic nitrogens is 1. The van der Waals surface area contributed by atoms with Crippen LogP contribution in [-0.2, 0) is 4.74 Å². The van der Waals surface area contributed by atoms with Gasteiger partial charge in [0, 0.05) is 13.2 Å². The summed E-state index contributed by atoms with van der Waals surface area (Å²) in [6, 6.07) is 1.34. The van der Waals surface area contributed by atoms with Crippen molar-refractivity contribution in [3.05, 3.63) is 36.7 Å². The van der Waals surface area contributed by atoms with Gasteiger partial charge in [-0.3, -0.25) is 9.88 Å². The van der Waals surface area contributed by atoms with Crippen molar-refractivity contribution in [2.24, 2.45) is 0 Å². The molecule has 0 aliphatic heterocycles. The molecular weight excluding hydrogens is 224 g/mol. The molecule has 1 aromatic heterocycles. The van der Waals surface area contributed by atoms with Crippen LogP contribution in [0.1, 0.15) is 10.4 Å². The van der Waals surface area contributed by atoms with Crippen molar-refractivity contribution in [3.63, 3.8) is 0 Å². The fourth-order valence-electron chi connectivity index (χ4n) is 1.06. The third-order valence-electron chi connectivity index (χ3n) is 1.96. The lowest BCUT2D eigenvalue weighted by Gasteiger charge is -2.16. The summed E-state index contributed by atoms with van der Waals surface area (Å²) in [5.41, 5.74) is 0.352. The zero-order valence-corrected chi connectivity index (χ0v) is 9.29. The first kappa shape index (κ1) is 12.7. The van der Waals surface area contributed by atoms with Crippen molar-refractivity contribution in [2.45, 2.75) is 0 Å². The minimum atomic E-state index is -1.10. The molecule has 17 heavy (non-hydrogen) atoms. The topological polar surface area (TPSA) is 79.7 Å². The fraction of sp³-hybridized carbons (Fsp3) is 0.182. The van der Waals surface area contributed by atoms with Gasteiger partial charge in [0.15, 0.2) is 0 Å². The molecule has 1 N–H and O–H groups in total. The molecule has 6 nitrogen and oxygen atoms in total. The number of carboxylic acids is 1. The first-order valence-electron chi connectivity index (χ1n) is 4.76. The summed E-state index contributed by atoms with van der Waals surface area (Å²) in [5, 5.41) is 8.78. The Morgan fingerprint density at radius 2 is 2.29 bits per heavy atom. The summed E-state index contributed by atoms with van der Waals surface area (Å²) in [6.45, 7) is 3.51. The number of carboxylic acid groups (broad SMARTS) is 1. The summed E-state index contributed by atoms with van der Waals surface area (Å²) in [4.78, 5) is 27.1. The zero-order chi connectivity index (χ0) is 12.8. The standard InChI is InChI=1S/C11H12N2O4/c1-3-4-17-11(16)13(2)9-5-8(10(14)15)6-12-7-9/h3,5-7H,1,4H2,2H3,(H,14,15). The van der Waals surface area contributed by atoms with Crippen LogP contribution in [0.4, 0.5) is 10.5 Å². The smallest absolute Gasteiger partial charge is 0.414 e. The minimum Gasteiger partial charge on any atom is -0.478 e. The van der Waals surface area contributed by atoms with Crippen LogP contribution in [0, 0.1) is 0 Å². The average Bonchev–Trinajstić information content (AvgIpc) is 2.35.